The summed E-state index contributed by atoms with van der Waals surface area (Å²) in [5, 5.41) is 2.89. The zero-order valence-electron chi connectivity index (χ0n) is 10.2. The molecule has 1 aromatic carbocycles. The van der Waals surface area contributed by atoms with Gasteiger partial charge in [-0.3, -0.25) is 9.59 Å². The largest absolute Gasteiger partial charge is 0.349 e. The molecule has 0 unspecified atom stereocenters. The molecule has 4 heteroatoms. The van der Waals surface area contributed by atoms with Crippen LogP contribution in [0.2, 0.25) is 6.82 Å². The van der Waals surface area contributed by atoms with Crippen LogP contribution in [0, 0.1) is 0 Å². The molecular formula is C13H16BNO2. The number of carbonyl (C=O) groups is 2. The summed E-state index contributed by atoms with van der Waals surface area (Å²) in [7, 11) is 4.50. The van der Waals surface area contributed by atoms with E-state index in [0.717, 1.165) is 12.8 Å². The Hall–Kier alpha value is -1.58. The molecule has 0 aliphatic heterocycles. The van der Waals surface area contributed by atoms with Crippen LogP contribution in [0.1, 0.15) is 40.5 Å². The van der Waals surface area contributed by atoms with Gasteiger partial charge in [-0.2, -0.15) is 0 Å². The summed E-state index contributed by atoms with van der Waals surface area (Å²) in [6, 6.07) is 7.11. The lowest BCUT2D eigenvalue weighted by molar-refractivity contribution is 0.0949. The van der Waals surface area contributed by atoms with E-state index >= 15 is 0 Å². The average molecular weight is 229 g/mol. The van der Waals surface area contributed by atoms with E-state index in [2.05, 4.69) is 13.2 Å². The number of rotatable bonds is 3. The molecule has 3 nitrogen and oxygen atoms in total. The third-order valence-corrected chi connectivity index (χ3v) is 2.47. The standard InChI is InChI=1S/C12H13NO2.CH3B/c1-8(14)9-2-4-10(5-3-9)12(15)13-11-6-7-11;1-2/h2-5,11H,6-7H2,1H3,(H,13,15);1H3. The number of amides is 1. The normalized spacial score (nSPS) is 13.3. The first-order valence-electron chi connectivity index (χ1n) is 5.66. The van der Waals surface area contributed by atoms with Crippen molar-refractivity contribution in [3.05, 3.63) is 35.4 Å². The molecular weight excluding hydrogens is 213 g/mol. The molecule has 1 amide bonds. The van der Waals surface area contributed by atoms with Crippen LogP contribution in [0.15, 0.2) is 24.3 Å². The van der Waals surface area contributed by atoms with E-state index in [0.29, 0.717) is 17.2 Å². The number of hydrogen-bond acceptors (Lipinski definition) is 2. The molecule has 1 N–H and O–H groups in total. The fourth-order valence-corrected chi connectivity index (χ4v) is 1.35. The first-order chi connectivity index (χ1) is 8.16. The van der Waals surface area contributed by atoms with E-state index < -0.39 is 0 Å². The summed E-state index contributed by atoms with van der Waals surface area (Å²) in [4.78, 5) is 22.6. The highest BCUT2D eigenvalue weighted by Crippen LogP contribution is 2.19. The van der Waals surface area contributed by atoms with Gasteiger partial charge in [-0.1, -0.05) is 19.0 Å². The van der Waals surface area contributed by atoms with Crippen LogP contribution in [-0.2, 0) is 0 Å². The summed E-state index contributed by atoms with van der Waals surface area (Å²) in [6.07, 6.45) is 2.16. The maximum atomic E-state index is 11.6. The minimum absolute atomic E-state index is 0.0177. The maximum Gasteiger partial charge on any atom is 0.251 e. The lowest BCUT2D eigenvalue weighted by Crippen LogP contribution is -2.25. The summed E-state index contributed by atoms with van der Waals surface area (Å²) in [5.41, 5.74) is 1.25. The monoisotopic (exact) mass is 229 g/mol. The molecule has 17 heavy (non-hydrogen) atoms. The van der Waals surface area contributed by atoms with E-state index in [1.807, 2.05) is 0 Å². The van der Waals surface area contributed by atoms with Gasteiger partial charge in [0.15, 0.2) is 5.78 Å². The molecule has 2 rings (SSSR count). The maximum absolute atomic E-state index is 11.6. The predicted octanol–water partition coefficient (Wildman–Crippen LogP) is 1.98. The van der Waals surface area contributed by atoms with Crippen LogP contribution in [-0.4, -0.2) is 25.6 Å². The van der Waals surface area contributed by atoms with E-state index in [1.165, 1.54) is 13.7 Å². The molecule has 0 atom stereocenters. The summed E-state index contributed by atoms with van der Waals surface area (Å²) in [5.74, 6) is -0.0308. The van der Waals surface area contributed by atoms with Crippen molar-refractivity contribution in [2.75, 3.05) is 0 Å². The predicted molar refractivity (Wildman–Crippen MR) is 68.6 cm³/mol. The SMILES string of the molecule is CC(=O)c1ccc(C(=O)NC2CC2)cc1.[B]C. The van der Waals surface area contributed by atoms with Crippen LogP contribution >= 0.6 is 0 Å². The van der Waals surface area contributed by atoms with Gasteiger partial charge in [0.1, 0.15) is 0 Å². The van der Waals surface area contributed by atoms with Gasteiger partial charge < -0.3 is 5.32 Å². The molecule has 1 aliphatic rings. The number of nitrogens with one attached hydrogen (secondary N) is 1. The van der Waals surface area contributed by atoms with Crippen LogP contribution in [0.25, 0.3) is 0 Å². The van der Waals surface area contributed by atoms with E-state index in [-0.39, 0.29) is 11.7 Å². The highest BCUT2D eigenvalue weighted by molar-refractivity contribution is 6.05. The molecule has 1 aromatic rings. The Morgan fingerprint density at radius 3 is 2.00 bits per heavy atom. The average Bonchev–Trinajstić information content (AvgIpc) is 3.15. The minimum Gasteiger partial charge on any atom is -0.349 e. The molecule has 0 spiro atoms. The first-order valence-corrected chi connectivity index (χ1v) is 5.66. The first kappa shape index (κ1) is 13.5. The minimum atomic E-state index is -0.0485. The van der Waals surface area contributed by atoms with Crippen molar-refractivity contribution in [1.82, 2.24) is 5.32 Å². The summed E-state index contributed by atoms with van der Waals surface area (Å²) < 4.78 is 0. The molecule has 2 radical (unpaired) electrons. The van der Waals surface area contributed by atoms with Gasteiger partial charge >= 0.3 is 0 Å². The van der Waals surface area contributed by atoms with Crippen LogP contribution in [0.5, 0.6) is 0 Å². The number of ketones is 1. The lowest BCUT2D eigenvalue weighted by atomic mass is 10.1. The molecule has 0 aromatic heterocycles. The molecule has 1 saturated carbocycles. The molecule has 0 heterocycles. The second kappa shape index (κ2) is 6.23. The molecule has 0 bridgehead atoms. The van der Waals surface area contributed by atoms with Crippen molar-refractivity contribution in [3.63, 3.8) is 0 Å². The third-order valence-electron chi connectivity index (χ3n) is 2.47. The fourth-order valence-electron chi connectivity index (χ4n) is 1.35. The van der Waals surface area contributed by atoms with Gasteiger partial charge in [0.05, 0.1) is 7.85 Å². The summed E-state index contributed by atoms with van der Waals surface area (Å²) in [6.45, 7) is 3.01. The van der Waals surface area contributed by atoms with Crippen molar-refractivity contribution < 1.29 is 9.59 Å². The number of carbonyl (C=O) groups excluding carboxylic acids is 2. The Morgan fingerprint density at radius 1 is 1.12 bits per heavy atom. The van der Waals surface area contributed by atoms with E-state index in [1.54, 1.807) is 24.3 Å². The number of benzene rings is 1. The van der Waals surface area contributed by atoms with E-state index in [9.17, 15) is 9.59 Å². The second-order valence-electron chi connectivity index (χ2n) is 3.88. The Balaban J connectivity index is 0.000000686. The van der Waals surface area contributed by atoms with Crippen LogP contribution < -0.4 is 5.32 Å². The molecule has 1 fully saturated rings. The van der Waals surface area contributed by atoms with Crippen molar-refractivity contribution >= 4 is 19.5 Å². The summed E-state index contributed by atoms with van der Waals surface area (Å²) >= 11 is 0. The van der Waals surface area contributed by atoms with Crippen molar-refractivity contribution in [2.24, 2.45) is 0 Å². The third kappa shape index (κ3) is 4.06. The van der Waals surface area contributed by atoms with Crippen molar-refractivity contribution in [1.29, 1.82) is 0 Å². The molecule has 0 saturated heterocycles. The van der Waals surface area contributed by atoms with Gasteiger partial charge in [0.25, 0.3) is 5.91 Å². The van der Waals surface area contributed by atoms with Crippen LogP contribution in [0.4, 0.5) is 0 Å². The van der Waals surface area contributed by atoms with Gasteiger partial charge in [-0.25, -0.2) is 0 Å². The fraction of sp³-hybridized carbons (Fsp3) is 0.385. The smallest absolute Gasteiger partial charge is 0.251 e. The highest BCUT2D eigenvalue weighted by atomic mass is 16.1. The second-order valence-corrected chi connectivity index (χ2v) is 3.88. The van der Waals surface area contributed by atoms with Gasteiger partial charge in [-0.15, -0.1) is 0 Å². The quantitative estimate of drug-likeness (QED) is 0.636. The zero-order valence-corrected chi connectivity index (χ0v) is 10.2. The van der Waals surface area contributed by atoms with Crippen molar-refractivity contribution in [2.45, 2.75) is 32.6 Å². The van der Waals surface area contributed by atoms with Gasteiger partial charge in [0, 0.05) is 17.2 Å². The Bertz CT molecular complexity index is 396. The highest BCUT2D eigenvalue weighted by Gasteiger charge is 2.23. The van der Waals surface area contributed by atoms with Crippen LogP contribution in [0.3, 0.4) is 0 Å². The van der Waals surface area contributed by atoms with Crippen molar-refractivity contribution in [3.8, 4) is 0 Å². The molecule has 1 aliphatic carbocycles. The number of Topliss-reactive ketones (excluding diaryl/α,β-unsaturated/α-hetero) is 1. The zero-order chi connectivity index (χ0) is 12.8. The molecule has 88 valence electrons. The van der Waals surface area contributed by atoms with Gasteiger partial charge in [-0.05, 0) is 31.9 Å². The van der Waals surface area contributed by atoms with Gasteiger partial charge in [0.2, 0.25) is 0 Å². The number of hydrogen-bond donors (Lipinski definition) is 1. The lowest BCUT2D eigenvalue weighted by Gasteiger charge is -2.03. The Kier molecular flexibility index (Phi) is 4.95. The Labute approximate surface area is 103 Å². The Morgan fingerprint density at radius 2 is 1.59 bits per heavy atom. The van der Waals surface area contributed by atoms with E-state index in [4.69, 9.17) is 0 Å². The topological polar surface area (TPSA) is 46.2 Å².